The molecule has 0 N–H and O–H groups in total. The van der Waals surface area contributed by atoms with Gasteiger partial charge in [0.15, 0.2) is 25.2 Å². The summed E-state index contributed by atoms with van der Waals surface area (Å²) in [4.78, 5) is 0. The number of ether oxygens (including phenoxy) is 7. The van der Waals surface area contributed by atoms with Gasteiger partial charge in [0.25, 0.3) is 0 Å². The monoisotopic (exact) mass is 643 g/mol. The largest absolute Gasteiger partial charge is 0.353 e. The third-order valence-electron chi connectivity index (χ3n) is 7.46. The first-order valence-corrected chi connectivity index (χ1v) is 18.8. The van der Waals surface area contributed by atoms with Gasteiger partial charge in [0, 0.05) is 39.3 Å². The Kier molecular flexibility index (Phi) is 35.4. The van der Waals surface area contributed by atoms with Crippen LogP contribution < -0.4 is 0 Å². The third kappa shape index (κ3) is 30.3. The van der Waals surface area contributed by atoms with Crippen LogP contribution in [0.5, 0.6) is 0 Å². The Hall–Kier alpha value is -0.800. The molecule has 0 aromatic rings. The van der Waals surface area contributed by atoms with Crippen molar-refractivity contribution in [1.29, 1.82) is 0 Å². The first kappa shape index (κ1) is 44.2. The van der Waals surface area contributed by atoms with E-state index in [9.17, 15) is 0 Å². The fourth-order valence-corrected chi connectivity index (χ4v) is 4.98. The van der Waals surface area contributed by atoms with Crippen LogP contribution in [0.15, 0.2) is 24.3 Å². The fourth-order valence-electron chi connectivity index (χ4n) is 4.98. The Labute approximate surface area is 279 Å². The van der Waals surface area contributed by atoms with Crippen LogP contribution in [0, 0.1) is 0 Å². The summed E-state index contributed by atoms with van der Waals surface area (Å²) in [6, 6.07) is 0. The van der Waals surface area contributed by atoms with Gasteiger partial charge in [0.1, 0.15) is 0 Å². The Morgan fingerprint density at radius 3 is 1.07 bits per heavy atom. The second-order valence-corrected chi connectivity index (χ2v) is 11.5. The number of hydrogen-bond acceptors (Lipinski definition) is 7. The highest BCUT2D eigenvalue weighted by atomic mass is 16.8. The lowest BCUT2D eigenvalue weighted by atomic mass is 10.1. The normalized spacial score (nSPS) is 13.7. The minimum absolute atomic E-state index is 0.184. The molecule has 7 heteroatoms. The van der Waals surface area contributed by atoms with Gasteiger partial charge < -0.3 is 33.2 Å². The molecule has 0 fully saturated rings. The van der Waals surface area contributed by atoms with E-state index >= 15 is 0 Å². The second kappa shape index (κ2) is 36.0. The van der Waals surface area contributed by atoms with Crippen LogP contribution >= 0.6 is 0 Å². The van der Waals surface area contributed by atoms with E-state index in [1.165, 1.54) is 77.0 Å². The predicted molar refractivity (Wildman–Crippen MR) is 187 cm³/mol. The molecule has 268 valence electrons. The molecule has 0 aliphatic rings. The maximum absolute atomic E-state index is 6.43. The van der Waals surface area contributed by atoms with Gasteiger partial charge in [-0.1, -0.05) is 103 Å². The molecular weight excluding hydrogens is 568 g/mol. The summed E-state index contributed by atoms with van der Waals surface area (Å²) in [5.41, 5.74) is 0. The molecule has 2 unspecified atom stereocenters. The SMILES string of the molecule is CCCCCCCCCOC(C=CCCC(OCC)OCC)OC(C=CCCC(OCC)OCC)OCCCCCCCCC. The number of hydrogen-bond donors (Lipinski definition) is 0. The lowest BCUT2D eigenvalue weighted by Gasteiger charge is -2.22. The highest BCUT2D eigenvalue weighted by Crippen LogP contribution is 2.14. The van der Waals surface area contributed by atoms with Crippen LogP contribution in [0.4, 0.5) is 0 Å². The average molecular weight is 643 g/mol. The van der Waals surface area contributed by atoms with Gasteiger partial charge >= 0.3 is 0 Å². The van der Waals surface area contributed by atoms with E-state index in [1.807, 2.05) is 39.8 Å². The summed E-state index contributed by atoms with van der Waals surface area (Å²) in [6.07, 6.45) is 27.6. The van der Waals surface area contributed by atoms with Crippen LogP contribution in [0.3, 0.4) is 0 Å². The average Bonchev–Trinajstić information content (AvgIpc) is 3.03. The van der Waals surface area contributed by atoms with Crippen LogP contribution in [0.1, 0.15) is 157 Å². The minimum atomic E-state index is -0.481. The molecule has 45 heavy (non-hydrogen) atoms. The van der Waals surface area contributed by atoms with E-state index in [2.05, 4.69) is 26.0 Å². The van der Waals surface area contributed by atoms with Crippen LogP contribution in [0.2, 0.25) is 0 Å². The van der Waals surface area contributed by atoms with Crippen molar-refractivity contribution in [2.45, 2.75) is 182 Å². The van der Waals surface area contributed by atoms with E-state index in [0.717, 1.165) is 38.5 Å². The summed E-state index contributed by atoms with van der Waals surface area (Å²) < 4.78 is 41.8. The maximum atomic E-state index is 6.43. The lowest BCUT2D eigenvalue weighted by molar-refractivity contribution is -0.208. The zero-order valence-corrected chi connectivity index (χ0v) is 30.4. The zero-order valence-electron chi connectivity index (χ0n) is 30.4. The molecule has 0 radical (unpaired) electrons. The summed E-state index contributed by atoms with van der Waals surface area (Å²) in [7, 11) is 0. The third-order valence-corrected chi connectivity index (χ3v) is 7.46. The molecule has 0 bridgehead atoms. The van der Waals surface area contributed by atoms with E-state index in [4.69, 9.17) is 33.2 Å². The molecule has 7 nitrogen and oxygen atoms in total. The summed E-state index contributed by atoms with van der Waals surface area (Å²) in [5, 5.41) is 0. The van der Waals surface area contributed by atoms with Gasteiger partial charge in [-0.15, -0.1) is 0 Å². The molecule has 0 aromatic heterocycles. The van der Waals surface area contributed by atoms with Crippen molar-refractivity contribution < 1.29 is 33.2 Å². The van der Waals surface area contributed by atoms with Gasteiger partial charge in [0.05, 0.1) is 13.2 Å². The molecule has 0 heterocycles. The smallest absolute Gasteiger partial charge is 0.180 e. The first-order chi connectivity index (χ1) is 22.1. The topological polar surface area (TPSA) is 64.6 Å². The van der Waals surface area contributed by atoms with Crippen molar-refractivity contribution in [2.24, 2.45) is 0 Å². The van der Waals surface area contributed by atoms with Crippen molar-refractivity contribution in [3.05, 3.63) is 24.3 Å². The maximum Gasteiger partial charge on any atom is 0.180 e. The van der Waals surface area contributed by atoms with Gasteiger partial charge in [-0.2, -0.15) is 0 Å². The first-order valence-electron chi connectivity index (χ1n) is 18.8. The molecule has 0 aliphatic heterocycles. The highest BCUT2D eigenvalue weighted by Gasteiger charge is 2.15. The van der Waals surface area contributed by atoms with Crippen molar-refractivity contribution >= 4 is 0 Å². The molecule has 0 saturated carbocycles. The van der Waals surface area contributed by atoms with Gasteiger partial charge in [-0.05, 0) is 65.5 Å². The molecule has 0 amide bonds. The predicted octanol–water partition coefficient (Wildman–Crippen LogP) is 10.7. The van der Waals surface area contributed by atoms with Gasteiger partial charge in [-0.3, -0.25) is 0 Å². The van der Waals surface area contributed by atoms with Crippen molar-refractivity contribution in [3.8, 4) is 0 Å². The molecule has 0 aliphatic carbocycles. The number of rotatable bonds is 36. The molecule has 0 spiro atoms. The summed E-state index contributed by atoms with van der Waals surface area (Å²) in [6.45, 7) is 16.4. The zero-order chi connectivity index (χ0) is 33.1. The summed E-state index contributed by atoms with van der Waals surface area (Å²) in [5.74, 6) is 0. The van der Waals surface area contributed by atoms with Gasteiger partial charge in [0.2, 0.25) is 0 Å². The lowest BCUT2D eigenvalue weighted by Crippen LogP contribution is -2.25. The van der Waals surface area contributed by atoms with Gasteiger partial charge in [-0.25, -0.2) is 0 Å². The molecule has 0 rings (SSSR count). The van der Waals surface area contributed by atoms with E-state index < -0.39 is 12.6 Å². The van der Waals surface area contributed by atoms with Crippen molar-refractivity contribution in [2.75, 3.05) is 39.6 Å². The standard InChI is InChI=1S/C38H74O7/c1-7-13-15-17-19-21-27-33-43-37(31-25-23-29-35(39-9-3)40-10-4)45-38(44-34-28-22-20-18-16-14-8-2)32-26-24-30-36(41-11-5)42-12-6/h25-26,31-32,35-38H,7-24,27-30,33-34H2,1-6H3. The fraction of sp³-hybridized carbons (Fsp3) is 0.895. The quantitative estimate of drug-likeness (QED) is 0.0383. The second-order valence-electron chi connectivity index (χ2n) is 11.5. The molecule has 0 saturated heterocycles. The highest BCUT2D eigenvalue weighted by molar-refractivity contribution is 4.90. The van der Waals surface area contributed by atoms with E-state index in [1.54, 1.807) is 0 Å². The van der Waals surface area contributed by atoms with E-state index in [0.29, 0.717) is 39.6 Å². The number of allylic oxidation sites excluding steroid dienone is 2. The van der Waals surface area contributed by atoms with Crippen LogP contribution in [-0.2, 0) is 33.2 Å². The Morgan fingerprint density at radius 2 is 0.733 bits per heavy atom. The Morgan fingerprint density at radius 1 is 0.400 bits per heavy atom. The molecule has 2 atom stereocenters. The van der Waals surface area contributed by atoms with Crippen LogP contribution in [-0.4, -0.2) is 64.8 Å². The Balaban J connectivity index is 5.23. The minimum Gasteiger partial charge on any atom is -0.353 e. The molecular formula is C38H74O7. The molecule has 0 aromatic carbocycles. The van der Waals surface area contributed by atoms with Crippen molar-refractivity contribution in [1.82, 2.24) is 0 Å². The van der Waals surface area contributed by atoms with Crippen LogP contribution in [0.25, 0.3) is 0 Å². The van der Waals surface area contributed by atoms with Crippen molar-refractivity contribution in [3.63, 3.8) is 0 Å². The number of unbranched alkanes of at least 4 members (excludes halogenated alkanes) is 12. The Bertz CT molecular complexity index is 563. The summed E-state index contributed by atoms with van der Waals surface area (Å²) >= 11 is 0. The van der Waals surface area contributed by atoms with E-state index in [-0.39, 0.29) is 12.6 Å².